The second kappa shape index (κ2) is 56.1. The highest BCUT2D eigenvalue weighted by molar-refractivity contribution is 6.08. The third-order valence-corrected chi connectivity index (χ3v) is 13.2. The molecule has 0 saturated heterocycles. The van der Waals surface area contributed by atoms with Gasteiger partial charge < -0.3 is 4.57 Å². The third kappa shape index (κ3) is 36.1. The van der Waals surface area contributed by atoms with Crippen molar-refractivity contribution in [2.75, 3.05) is 0 Å². The van der Waals surface area contributed by atoms with Gasteiger partial charge in [0, 0.05) is 91.6 Å². The van der Waals surface area contributed by atoms with Crippen molar-refractivity contribution in [3.63, 3.8) is 0 Å². The van der Waals surface area contributed by atoms with Crippen LogP contribution >= 0.6 is 0 Å². The first kappa shape index (κ1) is 96.6. The highest BCUT2D eigenvalue weighted by atomic mass is 15.0. The molecule has 0 N–H and O–H groups in total. The fourth-order valence-corrected chi connectivity index (χ4v) is 10.0. The maximum absolute atomic E-state index is 4.55. The van der Waals surface area contributed by atoms with Crippen molar-refractivity contribution < 1.29 is 0 Å². The van der Waals surface area contributed by atoms with Crippen molar-refractivity contribution in [3.8, 4) is 0 Å². The zero-order valence-corrected chi connectivity index (χ0v) is 69.8. The summed E-state index contributed by atoms with van der Waals surface area (Å²) in [5.74, 6) is 4.05. The summed E-state index contributed by atoms with van der Waals surface area (Å²) in [5.41, 5.74) is 19.7. The van der Waals surface area contributed by atoms with Gasteiger partial charge in [-0.05, 0) is 178 Å². The van der Waals surface area contributed by atoms with E-state index in [2.05, 4.69) is 215 Å². The fraction of sp³-hybridized carbons (Fsp3) is 0.393. The van der Waals surface area contributed by atoms with Crippen LogP contribution in [0.25, 0.3) is 54.4 Å². The van der Waals surface area contributed by atoms with Crippen LogP contribution in [-0.2, 0) is 7.05 Å². The number of benzene rings is 6. The first-order valence-electron chi connectivity index (χ1n) is 36.8. The Kier molecular flexibility index (Phi) is 53.1. The van der Waals surface area contributed by atoms with Gasteiger partial charge in [-0.1, -0.05) is 231 Å². The lowest BCUT2D eigenvalue weighted by Gasteiger charge is -2.05. The monoisotopic (exact) mass is 1380 g/mol. The Morgan fingerprint density at radius 2 is 0.627 bits per heavy atom. The van der Waals surface area contributed by atoms with Crippen molar-refractivity contribution in [1.29, 1.82) is 0 Å². The number of hydrogen-bond acceptors (Lipinski definition) is 12. The highest BCUT2D eigenvalue weighted by Gasteiger charge is 2.08. The van der Waals surface area contributed by atoms with E-state index in [9.17, 15) is 0 Å². The van der Waals surface area contributed by atoms with Gasteiger partial charge in [0.15, 0.2) is 0 Å². The van der Waals surface area contributed by atoms with E-state index < -0.39 is 0 Å². The Morgan fingerprint density at radius 3 is 1.07 bits per heavy atom. The number of hydrogen-bond donors (Lipinski definition) is 0. The number of pyridine rings is 1. The van der Waals surface area contributed by atoms with Crippen LogP contribution in [0.2, 0.25) is 0 Å². The van der Waals surface area contributed by atoms with Crippen molar-refractivity contribution in [2.45, 2.75) is 235 Å². The molecule has 552 valence electrons. The molecule has 0 radical (unpaired) electrons. The van der Waals surface area contributed by atoms with Crippen LogP contribution in [0.4, 0.5) is 0 Å². The molecule has 0 spiro atoms. The van der Waals surface area contributed by atoms with Gasteiger partial charge >= 0.3 is 0 Å². The van der Waals surface area contributed by atoms with Crippen LogP contribution in [-0.4, -0.2) is 64.4 Å². The van der Waals surface area contributed by atoms with E-state index in [1.807, 2.05) is 231 Å². The first-order valence-corrected chi connectivity index (χ1v) is 36.8. The Bertz CT molecular complexity index is 4030. The molecule has 0 atom stereocenters. The molecule has 0 aliphatic rings. The Balaban J connectivity index is -0.00000108. The summed E-state index contributed by atoms with van der Waals surface area (Å²) in [4.78, 5) is 49.7. The SMILES string of the molecule is CC.CC.CC.CC.CC.CC.CC.CC.Cc1cc(C)cc(C)c1.Cc1cc(C)nc(C)c1.Cc1cc(C)ncn1.Cc1ccc2c3ccccc3n(C)c2c1.Cc1cncc(C)n1.Cc1nc(C)c2ccc3ccccc3c2n1.Cc1nc(C)c2ccccc2n1.Cc1nc(C)nc(C)n1. The molecule has 13 heteroatoms. The third-order valence-electron chi connectivity index (χ3n) is 13.2. The summed E-state index contributed by atoms with van der Waals surface area (Å²) < 4.78 is 2.26. The van der Waals surface area contributed by atoms with Gasteiger partial charge in [-0.15, -0.1) is 0 Å². The minimum atomic E-state index is 0.792. The minimum Gasteiger partial charge on any atom is -0.344 e. The largest absolute Gasteiger partial charge is 0.344 e. The van der Waals surface area contributed by atoms with Gasteiger partial charge in [0.05, 0.1) is 22.4 Å². The summed E-state index contributed by atoms with van der Waals surface area (Å²) in [7, 11) is 2.13. The molecule has 0 saturated carbocycles. The van der Waals surface area contributed by atoms with Crippen LogP contribution in [0.1, 0.15) is 213 Å². The lowest BCUT2D eigenvalue weighted by Crippen LogP contribution is -1.97. The highest BCUT2D eigenvalue weighted by Crippen LogP contribution is 2.29. The van der Waals surface area contributed by atoms with E-state index in [0.717, 1.165) is 96.5 Å². The molecule has 0 aliphatic carbocycles. The predicted molar refractivity (Wildman–Crippen MR) is 448 cm³/mol. The number of fused-ring (bicyclic) bond motifs is 7. The topological polar surface area (TPSA) is 160 Å². The lowest BCUT2D eigenvalue weighted by molar-refractivity contribution is 0.875. The van der Waals surface area contributed by atoms with Gasteiger partial charge in [0.25, 0.3) is 0 Å². The molecule has 7 heterocycles. The van der Waals surface area contributed by atoms with Crippen LogP contribution in [0, 0.1) is 125 Å². The minimum absolute atomic E-state index is 0.792. The van der Waals surface area contributed by atoms with Crippen LogP contribution in [0.5, 0.6) is 0 Å². The number of rotatable bonds is 0. The maximum atomic E-state index is 4.55. The molecule has 0 fully saturated rings. The van der Waals surface area contributed by atoms with Crippen LogP contribution in [0.3, 0.4) is 0 Å². The standard InChI is InChI=1S/C14H12N2.C14H13N.C10H10N2.C9H12.C8H11N.C6H9N3.2C6H8N2.8C2H6/c1-9-12-8-7-11-5-3-4-6-13(11)14(12)16-10(2)15-9;1-10-7-8-12-11-5-3-4-6-13(11)15(2)14(12)9-10;1-7-9-5-3-4-6-10(9)12-8(2)11-7;1-7-4-8(2)6-9(3)5-7;1-6-4-7(2)9-8(3)5-6;1-4-7-5(2)9-6(3)8-4;1-5-3-7-4-6(2)8-5;1-5-3-6(2)8-4-7-5;8*1-2/h3-8H,1-2H3;3-9H,1-2H3;3-6H,1-2H3;4-6H,1-3H3;4-5H,1-3H3;1-3H3;2*3-4H,1-2H3;8*1-2H3. The van der Waals surface area contributed by atoms with E-state index in [-0.39, 0.29) is 0 Å². The van der Waals surface area contributed by atoms with Gasteiger partial charge in [-0.3, -0.25) is 15.0 Å². The van der Waals surface area contributed by atoms with Gasteiger partial charge in [0.1, 0.15) is 35.4 Å². The molecular weight excluding hydrogens is 1250 g/mol. The molecule has 0 amide bonds. The normalized spacial score (nSPS) is 9.13. The number of aryl methyl sites for hydroxylation is 19. The molecule has 13 rings (SSSR count). The molecular formula is C89H131N13. The summed E-state index contributed by atoms with van der Waals surface area (Å²) >= 11 is 0. The molecule has 0 bridgehead atoms. The van der Waals surface area contributed by atoms with E-state index in [4.69, 9.17) is 0 Å². The van der Waals surface area contributed by atoms with Crippen LogP contribution in [0.15, 0.2) is 158 Å². The Morgan fingerprint density at radius 1 is 0.255 bits per heavy atom. The van der Waals surface area contributed by atoms with Gasteiger partial charge in [0.2, 0.25) is 0 Å². The summed E-state index contributed by atoms with van der Waals surface area (Å²) in [6.07, 6.45) is 5.06. The Hall–Kier alpha value is -9.62. The van der Waals surface area contributed by atoms with Crippen molar-refractivity contribution in [2.24, 2.45) is 7.05 Å². The van der Waals surface area contributed by atoms with Gasteiger partial charge in [-0.2, -0.15) is 0 Å². The second-order valence-electron chi connectivity index (χ2n) is 21.7. The average molecular weight is 1380 g/mol. The molecule has 0 unspecified atom stereocenters. The zero-order chi connectivity index (χ0) is 78.6. The van der Waals surface area contributed by atoms with Gasteiger partial charge in [-0.25, -0.2) is 44.9 Å². The summed E-state index contributed by atoms with van der Waals surface area (Å²) in [6.45, 7) is 67.9. The zero-order valence-electron chi connectivity index (χ0n) is 69.8. The van der Waals surface area contributed by atoms with Crippen molar-refractivity contribution in [3.05, 3.63) is 261 Å². The second-order valence-corrected chi connectivity index (χ2v) is 21.7. The molecule has 0 aliphatic heterocycles. The Labute approximate surface area is 618 Å². The van der Waals surface area contributed by atoms with Crippen LogP contribution < -0.4 is 0 Å². The van der Waals surface area contributed by atoms with Crippen molar-refractivity contribution >= 4 is 54.4 Å². The number of nitrogens with zero attached hydrogens (tertiary/aromatic N) is 13. The van der Waals surface area contributed by atoms with E-state index in [1.54, 1.807) is 18.7 Å². The molecule has 102 heavy (non-hydrogen) atoms. The number of para-hydroxylation sites is 2. The molecule has 13 nitrogen and oxygen atoms in total. The van der Waals surface area contributed by atoms with Crippen molar-refractivity contribution in [1.82, 2.24) is 64.4 Å². The van der Waals surface area contributed by atoms with E-state index >= 15 is 0 Å². The van der Waals surface area contributed by atoms with E-state index in [0.29, 0.717) is 0 Å². The molecule has 6 aromatic carbocycles. The summed E-state index contributed by atoms with van der Waals surface area (Å²) in [6, 6.07) is 48.5. The van der Waals surface area contributed by atoms with E-state index in [1.165, 1.54) is 60.4 Å². The smallest absolute Gasteiger partial charge is 0.129 e. The molecule has 7 aromatic heterocycles. The first-order chi connectivity index (χ1) is 48.9. The predicted octanol–water partition coefficient (Wildman–Crippen LogP) is 25.1. The average Bonchev–Trinajstić information content (AvgIpc) is 1.49. The fourth-order valence-electron chi connectivity index (χ4n) is 10.0. The summed E-state index contributed by atoms with van der Waals surface area (Å²) in [5, 5.41) is 7.40. The number of aromatic nitrogens is 13. The maximum Gasteiger partial charge on any atom is 0.129 e. The quantitative estimate of drug-likeness (QED) is 0.132. The molecule has 13 aromatic rings. The lowest BCUT2D eigenvalue weighted by atomic mass is 10.1.